The smallest absolute Gasteiger partial charge is 0.241 e. The van der Waals surface area contributed by atoms with Gasteiger partial charge in [-0.1, -0.05) is 15.9 Å². The second-order valence-electron chi connectivity index (χ2n) is 3.65. The minimum Gasteiger partial charge on any atom is -0.397 e. The van der Waals surface area contributed by atoms with Crippen LogP contribution in [0, 0.1) is 0 Å². The Kier molecular flexibility index (Phi) is 5.28. The molecule has 1 rings (SSSR count). The molecule has 0 saturated carbocycles. The lowest BCUT2D eigenvalue weighted by molar-refractivity contribution is -0.128. The summed E-state index contributed by atoms with van der Waals surface area (Å²) in [6, 6.07) is 5.53. The van der Waals surface area contributed by atoms with Crippen molar-refractivity contribution in [3.8, 4) is 0 Å². The van der Waals surface area contributed by atoms with Gasteiger partial charge in [0.25, 0.3) is 0 Å². The first kappa shape index (κ1) is 13.8. The van der Waals surface area contributed by atoms with E-state index >= 15 is 0 Å². The van der Waals surface area contributed by atoms with Crippen molar-refractivity contribution in [1.29, 1.82) is 0 Å². The minimum absolute atomic E-state index is 0.0781. The number of anilines is 2. The first-order valence-electron chi connectivity index (χ1n) is 5.65. The molecule has 0 unspecified atom stereocenters. The highest BCUT2D eigenvalue weighted by atomic mass is 79.9. The highest BCUT2D eigenvalue weighted by molar-refractivity contribution is 9.10. The molecule has 17 heavy (non-hydrogen) atoms. The van der Waals surface area contributed by atoms with Crippen LogP contribution in [-0.4, -0.2) is 30.4 Å². The van der Waals surface area contributed by atoms with Crippen molar-refractivity contribution in [2.75, 3.05) is 30.7 Å². The van der Waals surface area contributed by atoms with Crippen molar-refractivity contribution in [2.24, 2.45) is 0 Å². The van der Waals surface area contributed by atoms with Crippen molar-refractivity contribution in [2.45, 2.75) is 13.8 Å². The third kappa shape index (κ3) is 3.93. The van der Waals surface area contributed by atoms with E-state index in [2.05, 4.69) is 21.2 Å². The van der Waals surface area contributed by atoms with Crippen LogP contribution < -0.4 is 11.1 Å². The molecular weight excluding hydrogens is 282 g/mol. The number of nitrogen functional groups attached to an aromatic ring is 1. The number of amides is 1. The van der Waals surface area contributed by atoms with E-state index in [9.17, 15) is 4.79 Å². The highest BCUT2D eigenvalue weighted by Gasteiger charge is 2.09. The van der Waals surface area contributed by atoms with E-state index in [1.807, 2.05) is 26.0 Å². The number of nitrogens with zero attached hydrogens (tertiary/aromatic N) is 1. The summed E-state index contributed by atoms with van der Waals surface area (Å²) in [5, 5.41) is 3.06. The molecule has 3 N–H and O–H groups in total. The molecule has 0 aliphatic heterocycles. The maximum atomic E-state index is 11.8. The summed E-state index contributed by atoms with van der Waals surface area (Å²) >= 11 is 3.37. The number of carbonyl (C=O) groups excluding carboxylic acids is 1. The second-order valence-corrected chi connectivity index (χ2v) is 4.57. The summed E-state index contributed by atoms with van der Waals surface area (Å²) in [7, 11) is 0. The van der Waals surface area contributed by atoms with Crippen LogP contribution in [0.4, 0.5) is 11.4 Å². The fourth-order valence-electron chi connectivity index (χ4n) is 1.54. The van der Waals surface area contributed by atoms with Gasteiger partial charge in [0.15, 0.2) is 0 Å². The van der Waals surface area contributed by atoms with Gasteiger partial charge in [-0.15, -0.1) is 0 Å². The quantitative estimate of drug-likeness (QED) is 0.820. The average Bonchev–Trinajstić information content (AvgIpc) is 2.32. The molecule has 0 spiro atoms. The number of nitrogens with one attached hydrogen (secondary N) is 1. The molecule has 1 aromatic carbocycles. The lowest BCUT2D eigenvalue weighted by Gasteiger charge is -2.19. The highest BCUT2D eigenvalue weighted by Crippen LogP contribution is 2.22. The number of carbonyl (C=O) groups is 1. The second kappa shape index (κ2) is 6.49. The van der Waals surface area contributed by atoms with Crippen LogP contribution in [0.3, 0.4) is 0 Å². The molecule has 0 aromatic heterocycles. The van der Waals surface area contributed by atoms with E-state index in [-0.39, 0.29) is 12.5 Å². The molecule has 0 radical (unpaired) electrons. The van der Waals surface area contributed by atoms with Gasteiger partial charge in [0, 0.05) is 17.6 Å². The van der Waals surface area contributed by atoms with Crippen LogP contribution in [0.2, 0.25) is 0 Å². The summed E-state index contributed by atoms with van der Waals surface area (Å²) in [6.45, 7) is 5.65. The Morgan fingerprint density at radius 1 is 1.41 bits per heavy atom. The van der Waals surface area contributed by atoms with Crippen molar-refractivity contribution in [3.05, 3.63) is 22.7 Å². The maximum Gasteiger partial charge on any atom is 0.241 e. The molecule has 0 saturated heterocycles. The molecule has 1 aromatic rings. The van der Waals surface area contributed by atoms with Crippen LogP contribution in [0.5, 0.6) is 0 Å². The summed E-state index contributed by atoms with van der Waals surface area (Å²) in [5.41, 5.74) is 7.23. The number of benzene rings is 1. The van der Waals surface area contributed by atoms with Crippen molar-refractivity contribution in [1.82, 2.24) is 4.90 Å². The van der Waals surface area contributed by atoms with E-state index in [1.54, 1.807) is 11.0 Å². The Morgan fingerprint density at radius 3 is 2.65 bits per heavy atom. The summed E-state index contributed by atoms with van der Waals surface area (Å²) < 4.78 is 0.935. The number of hydrogen-bond acceptors (Lipinski definition) is 3. The van der Waals surface area contributed by atoms with E-state index in [0.717, 1.165) is 23.2 Å². The largest absolute Gasteiger partial charge is 0.397 e. The van der Waals surface area contributed by atoms with E-state index in [0.29, 0.717) is 5.69 Å². The number of nitrogens with two attached hydrogens (primary N) is 1. The van der Waals surface area contributed by atoms with Crippen molar-refractivity contribution >= 4 is 33.2 Å². The lowest BCUT2D eigenvalue weighted by Crippen LogP contribution is -2.35. The molecule has 5 heteroatoms. The predicted octanol–water partition coefficient (Wildman–Crippen LogP) is 2.31. The lowest BCUT2D eigenvalue weighted by atomic mass is 10.2. The SMILES string of the molecule is CCN(CC)C(=O)CNc1cc(Br)ccc1N. The van der Waals surface area contributed by atoms with Gasteiger partial charge in [0.1, 0.15) is 0 Å². The Labute approximate surface area is 110 Å². The van der Waals surface area contributed by atoms with Crippen molar-refractivity contribution in [3.63, 3.8) is 0 Å². The molecule has 0 heterocycles. The van der Waals surface area contributed by atoms with Crippen LogP contribution in [0.25, 0.3) is 0 Å². The fourth-order valence-corrected chi connectivity index (χ4v) is 1.90. The van der Waals surface area contributed by atoms with Crippen LogP contribution in [0.15, 0.2) is 22.7 Å². The number of likely N-dealkylation sites (N-methyl/N-ethyl adjacent to an activating group) is 1. The monoisotopic (exact) mass is 299 g/mol. The summed E-state index contributed by atoms with van der Waals surface area (Å²) in [4.78, 5) is 13.6. The zero-order valence-corrected chi connectivity index (χ0v) is 11.8. The Balaban J connectivity index is 2.61. The Bertz CT molecular complexity index is 391. The summed E-state index contributed by atoms with van der Waals surface area (Å²) in [5.74, 6) is 0.0781. The first-order chi connectivity index (χ1) is 8.08. The van der Waals surface area contributed by atoms with E-state index in [1.165, 1.54) is 0 Å². The van der Waals surface area contributed by atoms with Gasteiger partial charge >= 0.3 is 0 Å². The molecule has 0 fully saturated rings. The summed E-state index contributed by atoms with van der Waals surface area (Å²) in [6.07, 6.45) is 0. The fraction of sp³-hybridized carbons (Fsp3) is 0.417. The molecule has 0 atom stereocenters. The molecule has 0 aliphatic rings. The third-order valence-corrected chi connectivity index (χ3v) is 3.05. The maximum absolute atomic E-state index is 11.8. The molecule has 0 aliphatic carbocycles. The predicted molar refractivity (Wildman–Crippen MR) is 75.0 cm³/mol. The first-order valence-corrected chi connectivity index (χ1v) is 6.44. The van der Waals surface area contributed by atoms with Gasteiger partial charge < -0.3 is 16.0 Å². The molecular formula is C12H18BrN3O. The average molecular weight is 300 g/mol. The number of halogens is 1. The van der Waals surface area contributed by atoms with Gasteiger partial charge in [0.05, 0.1) is 17.9 Å². The van der Waals surface area contributed by atoms with Gasteiger partial charge in [-0.2, -0.15) is 0 Å². The van der Waals surface area contributed by atoms with Gasteiger partial charge in [-0.25, -0.2) is 0 Å². The molecule has 4 nitrogen and oxygen atoms in total. The van der Waals surface area contributed by atoms with Gasteiger partial charge in [0.2, 0.25) is 5.91 Å². The standard InChI is InChI=1S/C12H18BrN3O/c1-3-16(4-2)12(17)8-15-11-7-9(13)5-6-10(11)14/h5-7,15H,3-4,8,14H2,1-2H3. The van der Waals surface area contributed by atoms with E-state index in [4.69, 9.17) is 5.73 Å². The van der Waals surface area contributed by atoms with Crippen LogP contribution in [-0.2, 0) is 4.79 Å². The minimum atomic E-state index is 0.0781. The normalized spacial score (nSPS) is 10.1. The number of rotatable bonds is 5. The number of hydrogen-bond donors (Lipinski definition) is 2. The molecule has 1 amide bonds. The van der Waals surface area contributed by atoms with Gasteiger partial charge in [-0.05, 0) is 32.0 Å². The van der Waals surface area contributed by atoms with Crippen molar-refractivity contribution < 1.29 is 4.79 Å². The molecule has 94 valence electrons. The van der Waals surface area contributed by atoms with Gasteiger partial charge in [-0.3, -0.25) is 4.79 Å². The zero-order valence-electron chi connectivity index (χ0n) is 10.2. The topological polar surface area (TPSA) is 58.4 Å². The van der Waals surface area contributed by atoms with E-state index < -0.39 is 0 Å². The van der Waals surface area contributed by atoms with Crippen LogP contribution in [0.1, 0.15) is 13.8 Å². The third-order valence-electron chi connectivity index (χ3n) is 2.56. The Hall–Kier alpha value is -1.23. The molecule has 0 bridgehead atoms. The zero-order chi connectivity index (χ0) is 12.8. The van der Waals surface area contributed by atoms with Crippen LogP contribution >= 0.6 is 15.9 Å². The Morgan fingerprint density at radius 2 is 2.06 bits per heavy atom.